The monoisotopic (exact) mass is 1870 g/mol. The Kier molecular flexibility index (Phi) is 32.8. The molecular weight excluding hydrogens is 1760 g/mol. The third kappa shape index (κ3) is 25.7. The summed E-state index contributed by atoms with van der Waals surface area (Å²) in [5.74, 6) is -0.104. The molecule has 692 valence electrons. The number of hydrogen-bond donors (Lipinski definition) is 17. The molecule has 0 aliphatic carbocycles. The lowest BCUT2D eigenvalue weighted by molar-refractivity contribution is 0.324. The minimum Gasteiger partial charge on any atom is -0.375 e. The van der Waals surface area contributed by atoms with Gasteiger partial charge in [-0.1, -0.05) is 71.2 Å². The van der Waals surface area contributed by atoms with Crippen LogP contribution in [0.25, 0.3) is 83.9 Å². The van der Waals surface area contributed by atoms with Crippen LogP contribution in [-0.2, 0) is 38.8 Å². The van der Waals surface area contributed by atoms with E-state index < -0.39 is 34.5 Å². The lowest BCUT2D eigenvalue weighted by atomic mass is 9.92. The van der Waals surface area contributed by atoms with Crippen molar-refractivity contribution in [2.75, 3.05) is 42.5 Å². The Hall–Kier alpha value is -12.3. The van der Waals surface area contributed by atoms with Gasteiger partial charge in [0.15, 0.2) is 40.4 Å². The van der Waals surface area contributed by atoms with E-state index in [9.17, 15) is 14.4 Å². The Balaban J connectivity index is 0.000000159. The number of nitrogens with one attached hydrogen (secondary N) is 10. The number of aliphatic imine (C=N–C) groups is 1. The summed E-state index contributed by atoms with van der Waals surface area (Å²) in [5.41, 5.74) is 50.6. The minimum atomic E-state index is -0.529. The summed E-state index contributed by atoms with van der Waals surface area (Å²) in [5, 5.41) is 20.1. The zero-order chi connectivity index (χ0) is 93.1. The van der Waals surface area contributed by atoms with Crippen LogP contribution in [0, 0.1) is 17.5 Å². The van der Waals surface area contributed by atoms with Gasteiger partial charge in [-0.15, -0.1) is 11.3 Å². The van der Waals surface area contributed by atoms with Crippen molar-refractivity contribution in [3.05, 3.63) is 279 Å². The molecule has 1 fully saturated rings. The maximum Gasteiger partial charge on any atom is 0.354 e. The van der Waals surface area contributed by atoms with Gasteiger partial charge in [0.2, 0.25) is 0 Å². The van der Waals surface area contributed by atoms with E-state index in [2.05, 4.69) is 98.5 Å². The highest BCUT2D eigenvalue weighted by molar-refractivity contribution is 7.15. The van der Waals surface area contributed by atoms with Crippen LogP contribution in [0.3, 0.4) is 0 Å². The van der Waals surface area contributed by atoms with Gasteiger partial charge < -0.3 is 91.6 Å². The third-order valence-electron chi connectivity index (χ3n) is 23.0. The van der Waals surface area contributed by atoms with Crippen molar-refractivity contribution in [1.82, 2.24) is 84.5 Å². The quantitative estimate of drug-likeness (QED) is 0.0126. The first kappa shape index (κ1) is 95.8. The first-order chi connectivity index (χ1) is 63.7. The van der Waals surface area contributed by atoms with E-state index in [1.54, 1.807) is 109 Å². The Bertz CT molecular complexity index is 6570. The van der Waals surface area contributed by atoms with Crippen LogP contribution in [-0.4, -0.2) is 137 Å². The summed E-state index contributed by atoms with van der Waals surface area (Å²) < 4.78 is 49.8. The molecule has 24 N–H and O–H groups in total. The molecule has 0 spiro atoms. The molecule has 37 heteroatoms. The average molecular weight is 1870 g/mol. The summed E-state index contributed by atoms with van der Waals surface area (Å²) in [7, 11) is 0. The minimum absolute atomic E-state index is 0.0444. The van der Waals surface area contributed by atoms with Gasteiger partial charge in [-0.3, -0.25) is 18.7 Å². The number of nitrogen functional groups attached to an aromatic ring is 1. The molecular formula is C95H111Cl3F3N27O3S. The van der Waals surface area contributed by atoms with Crippen molar-refractivity contribution in [1.29, 1.82) is 0 Å². The van der Waals surface area contributed by atoms with Crippen LogP contribution in [0.4, 0.5) is 30.2 Å². The number of nitrogens with zero attached hydrogens (tertiary/aromatic N) is 10. The number of halogens is 6. The van der Waals surface area contributed by atoms with Crippen molar-refractivity contribution in [3.8, 4) is 50.8 Å². The van der Waals surface area contributed by atoms with Crippen molar-refractivity contribution in [2.24, 2.45) is 39.4 Å². The molecule has 10 heterocycles. The van der Waals surface area contributed by atoms with E-state index in [1.165, 1.54) is 24.1 Å². The first-order valence-corrected chi connectivity index (χ1v) is 46.2. The average Bonchev–Trinajstić information content (AvgIpc) is 1.66. The smallest absolute Gasteiger partial charge is 0.354 e. The number of aryl methyl sites for hydroxylation is 3. The highest BCUT2D eigenvalue weighted by atomic mass is 35.5. The van der Waals surface area contributed by atoms with Crippen LogP contribution in [0.5, 0.6) is 0 Å². The standard InChI is InChI=1S/C32H39ClFN11O.C32H35ClFN7OS.C31H37ClFN9O/c1-19(35)3-2-4-21-13-25(28(34)26(33)14-21)27-15-22-18-45(32(46)44-29(22)43-27)24-7-5-20(6-8-24)16-41-23(9-10-38-30(36)37)17-42-31-39-11-12-40-31;1-18(35)4-2-5-19-12-25(29(34)26(33)13-19)28-14-21-17-41(32(42)40-30(21)39-28)23-10-8-20(9-11-23)27-7-3-6-22(38-27)15-24-16-37-31(36)43-24;1-19(35)3-2-4-21-13-25(28(33)26(32)14-21)27-15-22-18-42(31(43)41-29(22)40-27)24-7-5-20(6-8-24)16-38-23(9-10-34)17-39-30-36-11-12-37-30/h5-8,11-15,18-19,23,41H,2-4,9-10,16-17,35H2,1H3,(H4,36,37,38)(H2,39,40,42)(H,43,44,46);8-14,16-18,22,27,38H,2-7,15,35H2,1H3,(H2,36,37)(H,39,40,42);5-8,11-15,18-19,23,38H,2-4,9-10,16-17,34-35H2,1H3,(H2,36,37,39)(H,40,41,43)/t19-,23+;18-,22-,27-;19-,23+/m000/s1. The zero-order valence-corrected chi connectivity index (χ0v) is 76.6. The van der Waals surface area contributed by atoms with Gasteiger partial charge in [0, 0.05) is 162 Å². The third-order valence-corrected chi connectivity index (χ3v) is 24.7. The highest BCUT2D eigenvalue weighted by Crippen LogP contribution is 2.37. The number of piperidine rings is 1. The summed E-state index contributed by atoms with van der Waals surface area (Å²) in [6.07, 6.45) is 27.0. The molecule has 16 rings (SSSR count). The fraction of sp³-hybridized carbons (Fsp3) is 0.326. The predicted octanol–water partition coefficient (Wildman–Crippen LogP) is 14.6. The summed E-state index contributed by atoms with van der Waals surface area (Å²) in [4.78, 5) is 84.9. The van der Waals surface area contributed by atoms with E-state index in [0.29, 0.717) is 153 Å². The molecule has 6 aromatic carbocycles. The van der Waals surface area contributed by atoms with Crippen molar-refractivity contribution >= 4 is 102 Å². The lowest BCUT2D eigenvalue weighted by Crippen LogP contribution is -2.38. The Morgan fingerprint density at radius 1 is 0.530 bits per heavy atom. The maximum absolute atomic E-state index is 15.1. The number of aromatic nitrogens is 14. The zero-order valence-electron chi connectivity index (χ0n) is 73.5. The number of rotatable bonds is 38. The Labute approximate surface area is 779 Å². The number of hydrogen-bond acceptors (Lipinski definition) is 21. The number of thiazole rings is 1. The fourth-order valence-corrected chi connectivity index (χ4v) is 17.6. The van der Waals surface area contributed by atoms with Crippen LogP contribution in [0.15, 0.2) is 196 Å². The topological polar surface area (TPSA) is 477 Å². The molecule has 9 aromatic heterocycles. The van der Waals surface area contributed by atoms with Crippen LogP contribution in [0.2, 0.25) is 15.1 Å². The van der Waals surface area contributed by atoms with E-state index in [0.717, 1.165) is 118 Å². The van der Waals surface area contributed by atoms with Crippen LogP contribution >= 0.6 is 46.1 Å². The van der Waals surface area contributed by atoms with Gasteiger partial charge in [-0.2, -0.15) is 15.0 Å². The molecule has 1 saturated heterocycles. The number of imidazole rings is 2. The predicted molar refractivity (Wildman–Crippen MR) is 524 cm³/mol. The molecule has 30 nitrogen and oxygen atoms in total. The second kappa shape index (κ2) is 45.2. The summed E-state index contributed by atoms with van der Waals surface area (Å²) in [6.45, 7) is 9.45. The van der Waals surface area contributed by atoms with Gasteiger partial charge in [-0.25, -0.2) is 42.5 Å². The fourth-order valence-electron chi connectivity index (χ4n) is 16.1. The van der Waals surface area contributed by atoms with Crippen molar-refractivity contribution in [2.45, 2.75) is 172 Å². The Morgan fingerprint density at radius 3 is 1.30 bits per heavy atom. The highest BCUT2D eigenvalue weighted by Gasteiger charge is 2.26. The molecule has 7 atom stereocenters. The van der Waals surface area contributed by atoms with Crippen LogP contribution in [0.1, 0.15) is 136 Å². The van der Waals surface area contributed by atoms with E-state index >= 15 is 13.2 Å². The molecule has 0 amide bonds. The molecule has 1 aliphatic rings. The molecule has 0 saturated carbocycles. The van der Waals surface area contributed by atoms with Crippen molar-refractivity contribution < 1.29 is 13.2 Å². The van der Waals surface area contributed by atoms with Crippen molar-refractivity contribution in [3.63, 3.8) is 0 Å². The van der Waals surface area contributed by atoms with Gasteiger partial charge in [0.05, 0.1) is 49.2 Å². The number of guanidine groups is 1. The van der Waals surface area contributed by atoms with Crippen LogP contribution < -0.4 is 83.8 Å². The number of anilines is 3. The largest absolute Gasteiger partial charge is 0.375 e. The van der Waals surface area contributed by atoms with E-state index in [-0.39, 0.29) is 57.3 Å². The normalized spacial score (nSPS) is 14.5. The lowest BCUT2D eigenvalue weighted by Gasteiger charge is -2.31. The number of benzene rings is 6. The second-order valence-corrected chi connectivity index (χ2v) is 36.0. The Morgan fingerprint density at radius 2 is 0.932 bits per heavy atom. The molecule has 132 heavy (non-hydrogen) atoms. The molecule has 1 aliphatic heterocycles. The van der Waals surface area contributed by atoms with Gasteiger partial charge in [-0.05, 0) is 248 Å². The van der Waals surface area contributed by atoms with E-state index in [1.807, 2.05) is 87.6 Å². The molecule has 0 unspecified atom stereocenters. The SMILES string of the molecule is C[C@H](N)CCCc1cc(Cl)c(F)c(-c2cc3cn(-c4ccc(CN[C@H](CCN)CNc5ncc[nH]5)cc4)c(=O)nc3[nH]2)c1.C[C@H](N)CCCc1cc(Cl)c(F)c(-c2cc3cn(-c4ccc(CN[C@H](CCN=C(N)N)CNc5ncc[nH]5)cc4)c(=O)nc3[nH]2)c1.C[C@H](N)CCCc1cc(Cl)c(F)c(-c2cc3cn(-c4ccc([C@@H]5CCC[C@@H](Cc6cnc(N)s6)N5)cc4)c(=O)nc3[nH]2)c1. The molecule has 0 bridgehead atoms. The second-order valence-electron chi connectivity index (χ2n) is 33.7. The van der Waals surface area contributed by atoms with E-state index in [4.69, 9.17) is 74.9 Å². The number of H-pyrrole nitrogens is 5. The molecule has 0 radical (unpaired) electrons. The summed E-state index contributed by atoms with van der Waals surface area (Å²) in [6, 6.07) is 40.1. The number of fused-ring (bicyclic) bond motifs is 3. The first-order valence-electron chi connectivity index (χ1n) is 44.2. The number of nitrogens with two attached hydrogens (primary N) is 7. The van der Waals surface area contributed by atoms with Gasteiger partial charge >= 0.3 is 17.1 Å². The maximum atomic E-state index is 15.1. The van der Waals surface area contributed by atoms with Gasteiger partial charge in [0.25, 0.3) is 0 Å². The molecule has 15 aromatic rings. The van der Waals surface area contributed by atoms with Gasteiger partial charge in [0.1, 0.15) is 16.9 Å². The summed E-state index contributed by atoms with van der Waals surface area (Å²) >= 11 is 20.3. The number of aromatic amines is 5.